The highest BCUT2D eigenvalue weighted by Gasteiger charge is 2.18. The Hall–Kier alpha value is -0.870. The van der Waals surface area contributed by atoms with E-state index in [4.69, 9.17) is 4.74 Å². The Morgan fingerprint density at radius 3 is 2.69 bits per heavy atom. The van der Waals surface area contributed by atoms with Gasteiger partial charge in [-0.1, -0.05) is 0 Å². The Morgan fingerprint density at radius 1 is 1.62 bits per heavy atom. The smallest absolute Gasteiger partial charge is 0.0820 e. The normalized spacial score (nSPS) is 15.7. The van der Waals surface area contributed by atoms with Crippen LogP contribution in [-0.4, -0.2) is 30.0 Å². The lowest BCUT2D eigenvalue weighted by atomic mass is 10.1. The first-order valence-corrected chi connectivity index (χ1v) is 4.38. The van der Waals surface area contributed by atoms with Gasteiger partial charge in [0, 0.05) is 20.4 Å². The molecule has 0 amide bonds. The van der Waals surface area contributed by atoms with Crippen LogP contribution in [0, 0.1) is 0 Å². The Morgan fingerprint density at radius 2 is 2.31 bits per heavy atom. The molecule has 2 atom stereocenters. The van der Waals surface area contributed by atoms with Crippen molar-refractivity contribution in [2.75, 3.05) is 14.2 Å². The van der Waals surface area contributed by atoms with Gasteiger partial charge in [0.25, 0.3) is 0 Å². The Kier molecular flexibility index (Phi) is 3.45. The minimum atomic E-state index is 0.125. The molecular weight excluding hydrogens is 166 g/mol. The van der Waals surface area contributed by atoms with Gasteiger partial charge in [0.2, 0.25) is 0 Å². The van der Waals surface area contributed by atoms with Crippen molar-refractivity contribution in [1.29, 1.82) is 0 Å². The van der Waals surface area contributed by atoms with Crippen LogP contribution in [0.2, 0.25) is 0 Å². The quantitative estimate of drug-likeness (QED) is 0.747. The minimum absolute atomic E-state index is 0.125. The van der Waals surface area contributed by atoms with E-state index >= 15 is 0 Å². The zero-order chi connectivity index (χ0) is 9.84. The number of likely N-dealkylation sites (N-methyl/N-ethyl adjacent to an activating group) is 1. The van der Waals surface area contributed by atoms with Gasteiger partial charge in [-0.05, 0) is 20.0 Å². The van der Waals surface area contributed by atoms with E-state index in [9.17, 15) is 0 Å². The van der Waals surface area contributed by atoms with Gasteiger partial charge in [0.1, 0.15) is 0 Å². The predicted octanol–water partition coefficient (Wildman–Crippen LogP) is 0.716. The summed E-state index contributed by atoms with van der Waals surface area (Å²) in [5.74, 6) is 0. The van der Waals surface area contributed by atoms with Crippen molar-refractivity contribution in [3.05, 3.63) is 18.0 Å². The molecule has 0 fully saturated rings. The maximum Gasteiger partial charge on any atom is 0.0820 e. The number of nitrogens with zero attached hydrogens (tertiary/aromatic N) is 2. The van der Waals surface area contributed by atoms with Crippen molar-refractivity contribution in [2.24, 2.45) is 7.05 Å². The molecule has 0 aliphatic carbocycles. The van der Waals surface area contributed by atoms with Crippen LogP contribution in [0.25, 0.3) is 0 Å². The van der Waals surface area contributed by atoms with Gasteiger partial charge < -0.3 is 10.1 Å². The van der Waals surface area contributed by atoms with Gasteiger partial charge in [0.15, 0.2) is 0 Å². The number of hydrogen-bond acceptors (Lipinski definition) is 3. The summed E-state index contributed by atoms with van der Waals surface area (Å²) in [5.41, 5.74) is 1.01. The summed E-state index contributed by atoms with van der Waals surface area (Å²) < 4.78 is 7.05. The van der Waals surface area contributed by atoms with Crippen molar-refractivity contribution in [3.63, 3.8) is 0 Å². The molecule has 1 aromatic heterocycles. The van der Waals surface area contributed by atoms with Crippen LogP contribution in [0.4, 0.5) is 0 Å². The zero-order valence-corrected chi connectivity index (χ0v) is 8.61. The minimum Gasteiger partial charge on any atom is -0.380 e. The molecule has 4 nitrogen and oxygen atoms in total. The van der Waals surface area contributed by atoms with E-state index in [1.165, 1.54) is 0 Å². The van der Waals surface area contributed by atoms with Gasteiger partial charge in [-0.15, -0.1) is 0 Å². The fraction of sp³-hybridized carbons (Fsp3) is 0.667. The average Bonchev–Trinajstić information content (AvgIpc) is 2.53. The van der Waals surface area contributed by atoms with E-state index in [-0.39, 0.29) is 12.1 Å². The fourth-order valence-corrected chi connectivity index (χ4v) is 1.36. The lowest BCUT2D eigenvalue weighted by molar-refractivity contribution is 0.0841. The van der Waals surface area contributed by atoms with Crippen molar-refractivity contribution < 1.29 is 4.74 Å². The molecule has 4 heteroatoms. The molecule has 0 aromatic carbocycles. The Balaban J connectivity index is 2.77. The fourth-order valence-electron chi connectivity index (χ4n) is 1.36. The molecule has 0 aliphatic heterocycles. The van der Waals surface area contributed by atoms with Crippen molar-refractivity contribution in [2.45, 2.75) is 19.1 Å². The third-order valence-corrected chi connectivity index (χ3v) is 2.21. The number of hydrogen-bond donors (Lipinski definition) is 1. The van der Waals surface area contributed by atoms with Crippen LogP contribution in [-0.2, 0) is 11.8 Å². The summed E-state index contributed by atoms with van der Waals surface area (Å²) in [5, 5.41) is 7.51. The summed E-state index contributed by atoms with van der Waals surface area (Å²) in [6.45, 7) is 2.02. The van der Waals surface area contributed by atoms with Gasteiger partial charge in [-0.2, -0.15) is 5.10 Å². The molecule has 0 saturated carbocycles. The molecule has 0 aliphatic rings. The highest BCUT2D eigenvalue weighted by molar-refractivity contribution is 5.06. The molecule has 13 heavy (non-hydrogen) atoms. The first kappa shape index (κ1) is 10.2. The van der Waals surface area contributed by atoms with Crippen LogP contribution >= 0.6 is 0 Å². The first-order valence-electron chi connectivity index (χ1n) is 4.38. The van der Waals surface area contributed by atoms with Gasteiger partial charge >= 0.3 is 0 Å². The molecule has 1 heterocycles. The van der Waals surface area contributed by atoms with E-state index in [0.717, 1.165) is 5.69 Å². The van der Waals surface area contributed by atoms with E-state index in [1.807, 2.05) is 33.3 Å². The molecule has 74 valence electrons. The number of nitrogens with one attached hydrogen (secondary N) is 1. The molecule has 0 bridgehead atoms. The van der Waals surface area contributed by atoms with Crippen LogP contribution < -0.4 is 5.32 Å². The van der Waals surface area contributed by atoms with E-state index in [2.05, 4.69) is 10.4 Å². The van der Waals surface area contributed by atoms with E-state index in [1.54, 1.807) is 11.8 Å². The SMILES string of the molecule is CNC(c1ccn(C)n1)C(C)OC. The van der Waals surface area contributed by atoms with Crippen LogP contribution in [0.15, 0.2) is 12.3 Å². The molecule has 0 spiro atoms. The average molecular weight is 183 g/mol. The standard InChI is InChI=1S/C9H17N3O/c1-7(13-4)9(10-2)8-5-6-12(3)11-8/h5-7,9-10H,1-4H3. The Labute approximate surface area is 78.9 Å². The number of aryl methyl sites for hydroxylation is 1. The third kappa shape index (κ3) is 2.29. The summed E-state index contributed by atoms with van der Waals surface area (Å²) in [4.78, 5) is 0. The van der Waals surface area contributed by atoms with E-state index in [0.29, 0.717) is 0 Å². The molecule has 2 unspecified atom stereocenters. The monoisotopic (exact) mass is 183 g/mol. The molecular formula is C9H17N3O. The van der Waals surface area contributed by atoms with Crippen molar-refractivity contribution in [1.82, 2.24) is 15.1 Å². The number of rotatable bonds is 4. The second-order valence-electron chi connectivity index (χ2n) is 3.12. The summed E-state index contributed by atoms with van der Waals surface area (Å²) in [7, 11) is 5.53. The van der Waals surface area contributed by atoms with Gasteiger partial charge in [-0.25, -0.2) is 0 Å². The second kappa shape index (κ2) is 4.39. The van der Waals surface area contributed by atoms with Crippen LogP contribution in [0.5, 0.6) is 0 Å². The number of aromatic nitrogens is 2. The molecule has 1 rings (SSSR count). The molecule has 1 N–H and O–H groups in total. The van der Waals surface area contributed by atoms with Crippen molar-refractivity contribution in [3.8, 4) is 0 Å². The van der Waals surface area contributed by atoms with Gasteiger partial charge in [0.05, 0.1) is 17.8 Å². The Bertz CT molecular complexity index is 259. The lowest BCUT2D eigenvalue weighted by Gasteiger charge is -2.20. The summed E-state index contributed by atoms with van der Waals surface area (Å²) >= 11 is 0. The largest absolute Gasteiger partial charge is 0.380 e. The predicted molar refractivity (Wildman–Crippen MR) is 51.5 cm³/mol. The van der Waals surface area contributed by atoms with Crippen LogP contribution in [0.3, 0.4) is 0 Å². The maximum absolute atomic E-state index is 5.26. The van der Waals surface area contributed by atoms with Gasteiger partial charge in [-0.3, -0.25) is 4.68 Å². The first-order chi connectivity index (χ1) is 6.19. The molecule has 1 aromatic rings. The third-order valence-electron chi connectivity index (χ3n) is 2.21. The van der Waals surface area contributed by atoms with Crippen molar-refractivity contribution >= 4 is 0 Å². The maximum atomic E-state index is 5.26. The highest BCUT2D eigenvalue weighted by Crippen LogP contribution is 2.15. The zero-order valence-electron chi connectivity index (χ0n) is 8.61. The van der Waals surface area contributed by atoms with Crippen LogP contribution in [0.1, 0.15) is 18.7 Å². The van der Waals surface area contributed by atoms with E-state index < -0.39 is 0 Å². The molecule has 0 radical (unpaired) electrons. The molecule has 0 saturated heterocycles. The lowest BCUT2D eigenvalue weighted by Crippen LogP contribution is -2.29. The summed E-state index contributed by atoms with van der Waals surface area (Å²) in [6, 6.07) is 2.16. The summed E-state index contributed by atoms with van der Waals surface area (Å²) in [6.07, 6.45) is 2.06. The number of ether oxygens (including phenoxy) is 1. The topological polar surface area (TPSA) is 39.1 Å². The highest BCUT2D eigenvalue weighted by atomic mass is 16.5. The second-order valence-corrected chi connectivity index (χ2v) is 3.12. The number of methoxy groups -OCH3 is 1.